The van der Waals surface area contributed by atoms with Gasteiger partial charge in [-0.2, -0.15) is 0 Å². The van der Waals surface area contributed by atoms with Gasteiger partial charge in [0.05, 0.1) is 32.8 Å². The third-order valence-corrected chi connectivity index (χ3v) is 17.0. The number of allylic oxidation sites excluding steroid dienone is 31. The molecule has 586 valence electrons. The molecule has 0 aliphatic rings. The number of carbonyl (C=O) groups is 4. The highest BCUT2D eigenvalue weighted by atomic mass is 31.2. The Labute approximate surface area is 627 Å². The first-order valence-electron chi connectivity index (χ1n) is 38.7. The third-order valence-electron chi connectivity index (χ3n) is 15.1. The number of ether oxygens (including phenoxy) is 4. The van der Waals surface area contributed by atoms with Gasteiger partial charge in [0.1, 0.15) is 19.3 Å². The average Bonchev–Trinajstić information content (AvgIpc) is 0.926. The molecule has 0 radical (unpaired) electrons. The van der Waals surface area contributed by atoms with Crippen LogP contribution in [0.5, 0.6) is 0 Å². The van der Waals surface area contributed by atoms with Crippen molar-refractivity contribution in [2.24, 2.45) is 0 Å². The van der Waals surface area contributed by atoms with Crippen molar-refractivity contribution in [2.45, 2.75) is 277 Å². The van der Waals surface area contributed by atoms with E-state index in [-0.39, 0.29) is 25.7 Å². The minimum atomic E-state index is -5.01. The summed E-state index contributed by atoms with van der Waals surface area (Å²) in [6.07, 6.45) is 91.7. The molecular weight excluding hydrogens is 1350 g/mol. The molecule has 0 rings (SSSR count). The number of phosphoric acid groups is 2. The van der Waals surface area contributed by atoms with Crippen LogP contribution in [0.1, 0.15) is 259 Å². The van der Waals surface area contributed by atoms with E-state index >= 15 is 0 Å². The zero-order valence-corrected chi connectivity index (χ0v) is 65.6. The Morgan fingerprint density at radius 1 is 0.279 bits per heavy atom. The van der Waals surface area contributed by atoms with E-state index in [1.807, 2.05) is 30.4 Å². The van der Waals surface area contributed by atoms with Gasteiger partial charge in [0.25, 0.3) is 0 Å². The number of esters is 4. The predicted molar refractivity (Wildman–Crippen MR) is 426 cm³/mol. The zero-order valence-electron chi connectivity index (χ0n) is 63.9. The number of rotatable bonds is 70. The van der Waals surface area contributed by atoms with Crippen LogP contribution in [0.2, 0.25) is 0 Å². The number of carbonyl (C=O) groups excluding carboxylic acids is 4. The Morgan fingerprint density at radius 3 is 0.837 bits per heavy atom. The van der Waals surface area contributed by atoms with Crippen molar-refractivity contribution < 1.29 is 80.2 Å². The maximum Gasteiger partial charge on any atom is 0.472 e. The summed E-state index contributed by atoms with van der Waals surface area (Å²) in [5, 5.41) is 10.6. The fraction of sp³-hybridized carbons (Fsp3) is 0.576. The van der Waals surface area contributed by atoms with Gasteiger partial charge in [0.15, 0.2) is 12.2 Å². The van der Waals surface area contributed by atoms with Crippen LogP contribution < -0.4 is 0 Å². The smallest absolute Gasteiger partial charge is 0.462 e. The Balaban J connectivity index is 5.52. The summed E-state index contributed by atoms with van der Waals surface area (Å²) < 4.78 is 68.3. The first-order valence-corrected chi connectivity index (χ1v) is 41.7. The van der Waals surface area contributed by atoms with Crippen molar-refractivity contribution in [3.05, 3.63) is 194 Å². The van der Waals surface area contributed by atoms with E-state index in [0.717, 1.165) is 173 Å². The lowest BCUT2D eigenvalue weighted by molar-refractivity contribution is -0.161. The summed E-state index contributed by atoms with van der Waals surface area (Å²) in [6.45, 7) is 4.18. The SMILES string of the molecule is CC/C=C\C/C=C\C/C=C\C/C=C\C/C=C\CCCC(=O)OCC(COP(=O)(O)OCC(O)COP(=O)(O)OCC(COC(=O)C/C=C\C/C=C\C/C=C\C/C=C\C/C=C\CC)OC(=O)CCCCCCC/C=C\C/C=C\C/C=C\CC)OC(=O)CCCCCCCCC/C=C\C/C=C\C/C=C\CC. The van der Waals surface area contributed by atoms with Crippen molar-refractivity contribution in [3.63, 3.8) is 0 Å². The minimum absolute atomic E-state index is 0.0469. The molecule has 3 N–H and O–H groups in total. The van der Waals surface area contributed by atoms with Crippen LogP contribution in [0.4, 0.5) is 0 Å². The highest BCUT2D eigenvalue weighted by Crippen LogP contribution is 2.45. The van der Waals surface area contributed by atoms with Crippen molar-refractivity contribution in [2.75, 3.05) is 39.6 Å². The molecule has 17 nitrogen and oxygen atoms in total. The Kier molecular flexibility index (Phi) is 70.7. The molecule has 0 spiro atoms. The fourth-order valence-corrected chi connectivity index (χ4v) is 10.9. The molecule has 19 heteroatoms. The third kappa shape index (κ3) is 74.2. The fourth-order valence-electron chi connectivity index (χ4n) is 9.36. The van der Waals surface area contributed by atoms with E-state index < -0.39 is 97.5 Å². The van der Waals surface area contributed by atoms with Gasteiger partial charge in [-0.05, 0) is 154 Å². The molecular formula is C85H134O17P2. The van der Waals surface area contributed by atoms with Gasteiger partial charge < -0.3 is 33.8 Å². The number of unbranched alkanes of at least 4 members (excludes halogenated alkanes) is 13. The summed E-state index contributed by atoms with van der Waals surface area (Å²) in [7, 11) is -10.0. The number of hydrogen-bond donors (Lipinski definition) is 3. The van der Waals surface area contributed by atoms with Crippen molar-refractivity contribution in [3.8, 4) is 0 Å². The zero-order chi connectivity index (χ0) is 76.0. The number of hydrogen-bond acceptors (Lipinski definition) is 15. The molecule has 0 aromatic carbocycles. The van der Waals surface area contributed by atoms with Crippen molar-refractivity contribution in [1.82, 2.24) is 0 Å². The van der Waals surface area contributed by atoms with Crippen LogP contribution in [0.3, 0.4) is 0 Å². The molecule has 104 heavy (non-hydrogen) atoms. The van der Waals surface area contributed by atoms with E-state index in [1.54, 1.807) is 6.08 Å². The standard InChI is InChI=1S/C85H134O17P2/c1-5-9-13-17-21-25-29-33-37-39-43-46-50-54-58-62-66-70-83(88)96-76-81(102-85(90)72-68-64-60-56-52-48-44-40-38-34-30-26-22-18-14-10-6-2)78-100-104(93,94)98-74-79(86)73-97-103(91,92)99-77-80(101-84(89)71-67-63-59-55-51-47-42-36-32-28-24-20-16-12-8-4)75-95-82(87)69-65-61-57-53-49-45-41-35-31-27-23-19-15-11-7-3/h9-16,21-28,33-38,41-43,46,49,53-54,58,61,65,79-81,86H,5-8,17-20,29-32,39-40,44-45,47-48,50-52,55-57,59-60,62-64,66-78H2,1-4H3,(H,91,92)(H,93,94)/b13-9-,14-10-,15-11-,16-12-,25-21-,26-22-,27-23-,28-24-,37-33-,38-34-,41-35-,42-36-,46-43-,53-49-,58-54-,65-61-. The van der Waals surface area contributed by atoms with Gasteiger partial charge in [-0.15, -0.1) is 0 Å². The molecule has 0 aromatic heterocycles. The topological polar surface area (TPSA) is 237 Å². The van der Waals surface area contributed by atoms with Crippen LogP contribution in [-0.4, -0.2) is 96.7 Å². The second-order valence-electron chi connectivity index (χ2n) is 24.8. The molecule has 0 bridgehead atoms. The summed E-state index contributed by atoms with van der Waals surface area (Å²) in [6, 6.07) is 0. The van der Waals surface area contributed by atoms with Crippen LogP contribution in [-0.2, 0) is 65.4 Å². The Bertz CT molecular complexity index is 2740. The number of aliphatic hydroxyl groups is 1. The van der Waals surface area contributed by atoms with Crippen LogP contribution in [0, 0.1) is 0 Å². The van der Waals surface area contributed by atoms with E-state index in [2.05, 4.69) is 186 Å². The van der Waals surface area contributed by atoms with Crippen LogP contribution in [0.15, 0.2) is 194 Å². The average molecular weight is 1490 g/mol. The van der Waals surface area contributed by atoms with Crippen LogP contribution in [0.25, 0.3) is 0 Å². The van der Waals surface area contributed by atoms with E-state index in [0.29, 0.717) is 32.1 Å². The molecule has 0 amide bonds. The lowest BCUT2D eigenvalue weighted by atomic mass is 10.1. The van der Waals surface area contributed by atoms with Gasteiger partial charge >= 0.3 is 39.5 Å². The molecule has 0 heterocycles. The largest absolute Gasteiger partial charge is 0.472 e. The maximum absolute atomic E-state index is 13.1. The van der Waals surface area contributed by atoms with E-state index in [4.69, 9.17) is 37.0 Å². The second-order valence-corrected chi connectivity index (χ2v) is 27.7. The molecule has 5 unspecified atom stereocenters. The van der Waals surface area contributed by atoms with Crippen molar-refractivity contribution >= 4 is 39.5 Å². The summed E-state index contributed by atoms with van der Waals surface area (Å²) in [5.74, 6) is -2.44. The van der Waals surface area contributed by atoms with Gasteiger partial charge in [-0.1, -0.05) is 273 Å². The monoisotopic (exact) mass is 1490 g/mol. The maximum atomic E-state index is 13.1. The van der Waals surface area contributed by atoms with Crippen molar-refractivity contribution in [1.29, 1.82) is 0 Å². The lowest BCUT2D eigenvalue weighted by Crippen LogP contribution is -2.30. The van der Waals surface area contributed by atoms with E-state index in [9.17, 15) is 43.2 Å². The van der Waals surface area contributed by atoms with Gasteiger partial charge in [0, 0.05) is 19.3 Å². The molecule has 0 saturated heterocycles. The molecule has 0 aliphatic heterocycles. The first kappa shape index (κ1) is 97.9. The minimum Gasteiger partial charge on any atom is -0.462 e. The summed E-state index contributed by atoms with van der Waals surface area (Å²) in [4.78, 5) is 72.9. The van der Waals surface area contributed by atoms with Gasteiger partial charge in [0.2, 0.25) is 0 Å². The predicted octanol–water partition coefficient (Wildman–Crippen LogP) is 22.5. The highest BCUT2D eigenvalue weighted by molar-refractivity contribution is 7.47. The molecule has 0 aromatic rings. The first-order chi connectivity index (χ1) is 50.7. The molecule has 0 aliphatic carbocycles. The summed E-state index contributed by atoms with van der Waals surface area (Å²) in [5.41, 5.74) is 0. The number of phosphoric ester groups is 2. The van der Waals surface area contributed by atoms with Gasteiger partial charge in [-0.25, -0.2) is 9.13 Å². The van der Waals surface area contributed by atoms with E-state index in [1.165, 1.54) is 0 Å². The molecule has 0 fully saturated rings. The number of aliphatic hydroxyl groups excluding tert-OH is 1. The Hall–Kier alpha value is -6.10. The van der Waals surface area contributed by atoms with Crippen LogP contribution >= 0.6 is 15.6 Å². The highest BCUT2D eigenvalue weighted by Gasteiger charge is 2.30. The molecule has 0 saturated carbocycles. The Morgan fingerprint density at radius 2 is 0.519 bits per heavy atom. The normalized spacial score (nSPS) is 15.0. The molecule has 5 atom stereocenters. The van der Waals surface area contributed by atoms with Gasteiger partial charge in [-0.3, -0.25) is 37.3 Å². The quantitative estimate of drug-likeness (QED) is 0.0169. The second kappa shape index (κ2) is 75.1. The lowest BCUT2D eigenvalue weighted by Gasteiger charge is -2.21. The summed E-state index contributed by atoms with van der Waals surface area (Å²) >= 11 is 0.